The molecule has 1 fully saturated rings. The van der Waals surface area contributed by atoms with Crippen LogP contribution >= 0.6 is 0 Å². The van der Waals surface area contributed by atoms with Crippen molar-refractivity contribution in [2.24, 2.45) is 0 Å². The maximum atomic E-state index is 11.3. The van der Waals surface area contributed by atoms with E-state index in [9.17, 15) is 18.5 Å². The van der Waals surface area contributed by atoms with Gasteiger partial charge in [0, 0.05) is 12.5 Å². The van der Waals surface area contributed by atoms with Gasteiger partial charge in [-0.15, -0.1) is 0 Å². The second-order valence-corrected chi connectivity index (χ2v) is 6.16. The lowest BCUT2D eigenvalue weighted by Crippen LogP contribution is -2.25. The summed E-state index contributed by atoms with van der Waals surface area (Å²) >= 11 is 0. The Labute approximate surface area is 97.9 Å². The molecule has 0 saturated carbocycles. The quantitative estimate of drug-likeness (QED) is 0.607. The van der Waals surface area contributed by atoms with Crippen LogP contribution in [0.2, 0.25) is 0 Å². The second-order valence-electron chi connectivity index (χ2n) is 3.93. The third kappa shape index (κ3) is 2.70. The number of aromatic amines is 1. The van der Waals surface area contributed by atoms with Crippen LogP contribution in [0.1, 0.15) is 6.42 Å². The summed E-state index contributed by atoms with van der Waals surface area (Å²) in [5, 5.41) is 13.6. The van der Waals surface area contributed by atoms with Crippen molar-refractivity contribution in [3.05, 3.63) is 28.4 Å². The van der Waals surface area contributed by atoms with Gasteiger partial charge in [0.1, 0.15) is 6.04 Å². The van der Waals surface area contributed by atoms with Crippen molar-refractivity contribution < 1.29 is 18.3 Å². The normalized spacial score (nSPS) is 22.2. The molecule has 7 nitrogen and oxygen atoms in total. The van der Waals surface area contributed by atoms with E-state index >= 15 is 0 Å². The third-order valence-electron chi connectivity index (χ3n) is 2.61. The van der Waals surface area contributed by atoms with Crippen LogP contribution in [-0.4, -0.2) is 30.9 Å². The lowest BCUT2D eigenvalue weighted by atomic mass is 10.2. The molecule has 17 heavy (non-hydrogen) atoms. The first-order chi connectivity index (χ1) is 7.98. The Morgan fingerprint density at radius 1 is 1.53 bits per heavy atom. The van der Waals surface area contributed by atoms with Gasteiger partial charge in [0.15, 0.2) is 9.84 Å². The highest BCUT2D eigenvalue weighted by Crippen LogP contribution is 2.21. The van der Waals surface area contributed by atoms with Gasteiger partial charge in [-0.25, -0.2) is 13.4 Å². The van der Waals surface area contributed by atoms with Gasteiger partial charge in [-0.3, -0.25) is 15.4 Å². The van der Waals surface area contributed by atoms with E-state index in [-0.39, 0.29) is 29.1 Å². The van der Waals surface area contributed by atoms with E-state index in [1.165, 1.54) is 12.1 Å². The molecule has 0 bridgehead atoms. The number of anilines is 1. The zero-order valence-corrected chi connectivity index (χ0v) is 9.74. The molecule has 2 N–H and O–H groups in total. The monoisotopic (exact) mass is 258 g/mol. The molecule has 1 aliphatic rings. The standard InChI is InChI=1S/C9H11N3O4S/c13-12(14)8-2-1-4-10-9(8)11-7-3-5-17(15,16)6-7/h1-2,4,7H,3,5-6H2,(H,10,11)/p+1/t7-/m0/s1. The molecule has 0 unspecified atom stereocenters. The minimum Gasteiger partial charge on any atom is -0.265 e. The molecular formula is C9H12N3O4S+. The molecule has 0 spiro atoms. The first kappa shape index (κ1) is 11.8. The number of sulfone groups is 1. The minimum atomic E-state index is -2.99. The molecule has 0 aliphatic carbocycles. The molecule has 1 aromatic rings. The lowest BCUT2D eigenvalue weighted by Gasteiger charge is -2.04. The Bertz CT molecular complexity index is 543. The van der Waals surface area contributed by atoms with E-state index in [0.29, 0.717) is 6.42 Å². The highest BCUT2D eigenvalue weighted by atomic mass is 32.2. The zero-order valence-electron chi connectivity index (χ0n) is 8.92. The van der Waals surface area contributed by atoms with Crippen LogP contribution in [-0.2, 0) is 9.84 Å². The van der Waals surface area contributed by atoms with Gasteiger partial charge in [0.05, 0.1) is 22.6 Å². The molecule has 2 rings (SSSR count). The molecule has 1 aromatic heterocycles. The van der Waals surface area contributed by atoms with E-state index in [1.54, 1.807) is 6.20 Å². The smallest absolute Gasteiger partial charge is 0.265 e. The fourth-order valence-electron chi connectivity index (χ4n) is 1.81. The van der Waals surface area contributed by atoms with E-state index in [0.717, 1.165) is 0 Å². The largest absolute Gasteiger partial charge is 0.357 e. The van der Waals surface area contributed by atoms with Crippen molar-refractivity contribution in [3.8, 4) is 0 Å². The van der Waals surface area contributed by atoms with Gasteiger partial charge in [0.2, 0.25) is 0 Å². The summed E-state index contributed by atoms with van der Waals surface area (Å²) in [5.41, 5.74) is -0.0863. The van der Waals surface area contributed by atoms with Gasteiger partial charge >= 0.3 is 11.5 Å². The summed E-state index contributed by atoms with van der Waals surface area (Å²) in [6, 6.07) is 2.62. The van der Waals surface area contributed by atoms with Gasteiger partial charge in [-0.2, -0.15) is 0 Å². The van der Waals surface area contributed by atoms with E-state index in [2.05, 4.69) is 10.3 Å². The highest BCUT2D eigenvalue weighted by Gasteiger charge is 2.33. The van der Waals surface area contributed by atoms with Crippen molar-refractivity contribution in [1.29, 1.82) is 0 Å². The average molecular weight is 258 g/mol. The molecule has 0 amide bonds. The first-order valence-corrected chi connectivity index (χ1v) is 6.92. The predicted octanol–water partition coefficient (Wildman–Crippen LogP) is 0.00790. The Balaban J connectivity index is 2.17. The topological polar surface area (TPSA) is 103 Å². The Hall–Kier alpha value is -1.70. The van der Waals surface area contributed by atoms with E-state index in [1.807, 2.05) is 0 Å². The summed E-state index contributed by atoms with van der Waals surface area (Å²) in [7, 11) is -2.99. The van der Waals surface area contributed by atoms with Crippen LogP contribution in [0.5, 0.6) is 0 Å². The van der Waals surface area contributed by atoms with Crippen LogP contribution in [0.25, 0.3) is 0 Å². The van der Waals surface area contributed by atoms with Crippen molar-refractivity contribution >= 4 is 21.3 Å². The Kier molecular flexibility index (Phi) is 2.97. The molecule has 1 aliphatic heterocycles. The maximum Gasteiger partial charge on any atom is 0.357 e. The molecule has 0 aromatic carbocycles. The van der Waals surface area contributed by atoms with Crippen molar-refractivity contribution in [2.75, 3.05) is 16.8 Å². The number of pyridine rings is 1. The van der Waals surface area contributed by atoms with Gasteiger partial charge < -0.3 is 0 Å². The fourth-order valence-corrected chi connectivity index (χ4v) is 3.48. The zero-order chi connectivity index (χ0) is 12.5. The number of nitrogens with one attached hydrogen (secondary N) is 2. The van der Waals surface area contributed by atoms with Crippen LogP contribution in [0.15, 0.2) is 18.3 Å². The molecule has 1 atom stereocenters. The van der Waals surface area contributed by atoms with Crippen molar-refractivity contribution in [3.63, 3.8) is 0 Å². The van der Waals surface area contributed by atoms with Crippen LogP contribution in [0, 0.1) is 10.1 Å². The summed E-state index contributed by atoms with van der Waals surface area (Å²) in [6.45, 7) is 0. The highest BCUT2D eigenvalue weighted by molar-refractivity contribution is 7.91. The molecule has 0 radical (unpaired) electrons. The van der Waals surface area contributed by atoms with Crippen molar-refractivity contribution in [1.82, 2.24) is 0 Å². The molecular weight excluding hydrogens is 246 g/mol. The number of aromatic nitrogens is 1. The average Bonchev–Trinajstić information content (AvgIpc) is 2.58. The molecule has 1 saturated heterocycles. The maximum absolute atomic E-state index is 11.3. The number of hydrogen-bond donors (Lipinski definition) is 1. The Morgan fingerprint density at radius 2 is 2.29 bits per heavy atom. The molecule has 8 heteroatoms. The summed E-state index contributed by atoms with van der Waals surface area (Å²) in [4.78, 5) is 13.0. The van der Waals surface area contributed by atoms with Gasteiger partial charge in [0.25, 0.3) is 0 Å². The van der Waals surface area contributed by atoms with Crippen LogP contribution in [0.4, 0.5) is 11.5 Å². The first-order valence-electron chi connectivity index (χ1n) is 5.10. The van der Waals surface area contributed by atoms with Crippen LogP contribution < -0.4 is 10.3 Å². The lowest BCUT2D eigenvalue weighted by molar-refractivity contribution is -0.409. The molecule has 2 heterocycles. The minimum absolute atomic E-state index is 0.0207. The Morgan fingerprint density at radius 3 is 2.88 bits per heavy atom. The van der Waals surface area contributed by atoms with E-state index in [4.69, 9.17) is 0 Å². The number of hydrogen-bond acceptors (Lipinski definition) is 5. The van der Waals surface area contributed by atoms with Crippen molar-refractivity contribution in [2.45, 2.75) is 12.5 Å². The predicted molar refractivity (Wildman–Crippen MR) is 60.3 cm³/mol. The van der Waals surface area contributed by atoms with Gasteiger partial charge in [-0.05, 0) is 6.07 Å². The molecule has 92 valence electrons. The summed E-state index contributed by atoms with van der Waals surface area (Å²) in [5.74, 6) is 0.401. The second kappa shape index (κ2) is 4.28. The number of nitrogens with zero attached hydrogens (tertiary/aromatic N) is 1. The number of H-pyrrole nitrogens is 1. The van der Waals surface area contributed by atoms with E-state index < -0.39 is 14.8 Å². The summed E-state index contributed by atoms with van der Waals surface area (Å²) < 4.78 is 22.5. The number of nitro groups is 1. The SMILES string of the molecule is O=[N+]([O-])c1ccc[nH+]c1N[C@H]1CCS(=O)(=O)C1. The van der Waals surface area contributed by atoms with Crippen LogP contribution in [0.3, 0.4) is 0 Å². The third-order valence-corrected chi connectivity index (χ3v) is 4.38. The number of rotatable bonds is 3. The van der Waals surface area contributed by atoms with Gasteiger partial charge in [-0.1, -0.05) is 0 Å². The fraction of sp³-hybridized carbons (Fsp3) is 0.444. The summed E-state index contributed by atoms with van der Waals surface area (Å²) in [6.07, 6.45) is 2.03.